The van der Waals surface area contributed by atoms with Crippen molar-refractivity contribution in [3.05, 3.63) is 65.7 Å². The Morgan fingerprint density at radius 1 is 1.00 bits per heavy atom. The van der Waals surface area contributed by atoms with Crippen LogP contribution in [0.4, 0.5) is 0 Å². The lowest BCUT2D eigenvalue weighted by molar-refractivity contribution is -0.147. The van der Waals surface area contributed by atoms with Crippen molar-refractivity contribution in [1.29, 1.82) is 0 Å². The van der Waals surface area contributed by atoms with Crippen LogP contribution in [0.25, 0.3) is 6.08 Å². The van der Waals surface area contributed by atoms with Gasteiger partial charge in [-0.1, -0.05) is 24.3 Å². The number of rotatable bonds is 9. The first-order valence-corrected chi connectivity index (χ1v) is 8.96. The summed E-state index contributed by atoms with van der Waals surface area (Å²) in [4.78, 5) is 25.5. The molecule has 28 heavy (non-hydrogen) atoms. The predicted octanol–water partition coefficient (Wildman–Crippen LogP) is 3.31. The zero-order valence-corrected chi connectivity index (χ0v) is 16.4. The van der Waals surface area contributed by atoms with Crippen LogP contribution in [0, 0.1) is 0 Å². The van der Waals surface area contributed by atoms with Gasteiger partial charge in [0.05, 0.1) is 13.7 Å². The van der Waals surface area contributed by atoms with Crippen LogP contribution in [0.5, 0.6) is 11.5 Å². The number of hydrogen-bond donors (Lipinski definition) is 0. The van der Waals surface area contributed by atoms with E-state index >= 15 is 0 Å². The number of amides is 1. The van der Waals surface area contributed by atoms with E-state index in [9.17, 15) is 9.59 Å². The first kappa shape index (κ1) is 21.0. The minimum absolute atomic E-state index is 0.278. The van der Waals surface area contributed by atoms with Crippen molar-refractivity contribution in [2.75, 3.05) is 27.4 Å². The first-order chi connectivity index (χ1) is 13.5. The molecule has 2 rings (SSSR count). The monoisotopic (exact) mass is 383 g/mol. The Morgan fingerprint density at radius 3 is 2.25 bits per heavy atom. The molecule has 2 aromatic carbocycles. The molecule has 0 fully saturated rings. The molecule has 6 nitrogen and oxygen atoms in total. The third-order valence-electron chi connectivity index (χ3n) is 3.95. The van der Waals surface area contributed by atoms with Gasteiger partial charge in [-0.3, -0.25) is 4.79 Å². The number of benzene rings is 2. The number of carbonyl (C=O) groups is 2. The average Bonchev–Trinajstić information content (AvgIpc) is 2.72. The molecule has 0 heterocycles. The van der Waals surface area contributed by atoms with Crippen LogP contribution in [-0.2, 0) is 20.9 Å². The van der Waals surface area contributed by atoms with Gasteiger partial charge in [0.15, 0.2) is 6.61 Å². The van der Waals surface area contributed by atoms with E-state index in [0.717, 1.165) is 22.6 Å². The maximum absolute atomic E-state index is 12.2. The predicted molar refractivity (Wildman–Crippen MR) is 107 cm³/mol. The van der Waals surface area contributed by atoms with Gasteiger partial charge in [-0.05, 0) is 48.4 Å². The Kier molecular flexibility index (Phi) is 8.09. The van der Waals surface area contributed by atoms with Gasteiger partial charge in [0.2, 0.25) is 0 Å². The maximum atomic E-state index is 12.2. The second-order valence-electron chi connectivity index (χ2n) is 6.04. The molecule has 1 amide bonds. The normalized spacial score (nSPS) is 10.5. The molecule has 0 atom stereocenters. The van der Waals surface area contributed by atoms with Crippen molar-refractivity contribution in [3.63, 3.8) is 0 Å². The van der Waals surface area contributed by atoms with E-state index in [1.54, 1.807) is 32.4 Å². The number of nitrogens with zero attached hydrogens (tertiary/aromatic N) is 1. The molecule has 148 valence electrons. The van der Waals surface area contributed by atoms with Crippen molar-refractivity contribution in [2.24, 2.45) is 0 Å². The summed E-state index contributed by atoms with van der Waals surface area (Å²) in [5.74, 6) is 0.678. The average molecular weight is 383 g/mol. The summed E-state index contributed by atoms with van der Waals surface area (Å²) in [6, 6.07) is 14.8. The van der Waals surface area contributed by atoms with Gasteiger partial charge in [0, 0.05) is 19.7 Å². The molecule has 0 unspecified atom stereocenters. The highest BCUT2D eigenvalue weighted by molar-refractivity contribution is 5.89. The molecule has 6 heteroatoms. The Hall–Kier alpha value is -3.28. The molecule has 0 N–H and O–H groups in total. The van der Waals surface area contributed by atoms with Crippen LogP contribution in [-0.4, -0.2) is 44.1 Å². The summed E-state index contributed by atoms with van der Waals surface area (Å²) >= 11 is 0. The van der Waals surface area contributed by atoms with Gasteiger partial charge in [0.1, 0.15) is 11.5 Å². The van der Waals surface area contributed by atoms with E-state index in [1.807, 2.05) is 43.3 Å². The van der Waals surface area contributed by atoms with E-state index in [1.165, 1.54) is 11.0 Å². The van der Waals surface area contributed by atoms with Crippen LogP contribution in [0.1, 0.15) is 18.1 Å². The van der Waals surface area contributed by atoms with E-state index in [2.05, 4.69) is 0 Å². The largest absolute Gasteiger partial charge is 0.497 e. The quantitative estimate of drug-likeness (QED) is 0.491. The number of esters is 1. The zero-order chi connectivity index (χ0) is 20.4. The summed E-state index contributed by atoms with van der Waals surface area (Å²) in [6.45, 7) is 2.65. The van der Waals surface area contributed by atoms with Gasteiger partial charge < -0.3 is 19.1 Å². The molecule has 0 aliphatic carbocycles. The molecule has 0 aliphatic heterocycles. The molecule has 2 aromatic rings. The number of carbonyl (C=O) groups excluding carboxylic acids is 2. The molecule has 0 aromatic heterocycles. The maximum Gasteiger partial charge on any atom is 0.331 e. The fourth-order valence-corrected chi connectivity index (χ4v) is 2.39. The van der Waals surface area contributed by atoms with Crippen LogP contribution in [0.3, 0.4) is 0 Å². The van der Waals surface area contributed by atoms with Gasteiger partial charge in [-0.25, -0.2) is 4.79 Å². The lowest BCUT2D eigenvalue weighted by atomic mass is 10.2. The summed E-state index contributed by atoms with van der Waals surface area (Å²) < 4.78 is 15.5. The van der Waals surface area contributed by atoms with Crippen molar-refractivity contribution >= 4 is 18.0 Å². The summed E-state index contributed by atoms with van der Waals surface area (Å²) in [7, 11) is 3.26. The van der Waals surface area contributed by atoms with Crippen molar-refractivity contribution in [2.45, 2.75) is 13.5 Å². The van der Waals surface area contributed by atoms with Crippen LogP contribution in [0.15, 0.2) is 54.6 Å². The van der Waals surface area contributed by atoms with Crippen LogP contribution >= 0.6 is 0 Å². The number of ether oxygens (including phenoxy) is 3. The van der Waals surface area contributed by atoms with E-state index < -0.39 is 5.97 Å². The molecule has 0 bridgehead atoms. The number of likely N-dealkylation sites (N-methyl/N-ethyl adjacent to an activating group) is 1. The standard InChI is InChI=1S/C22H25NO5/c1-4-27-20-12-7-18(8-13-20)15-23(2)21(24)16-28-22(25)14-9-17-5-10-19(26-3)11-6-17/h5-14H,4,15-16H2,1-3H3/b14-9+. The van der Waals surface area contributed by atoms with Crippen molar-refractivity contribution in [3.8, 4) is 11.5 Å². The topological polar surface area (TPSA) is 65.1 Å². The van der Waals surface area contributed by atoms with Gasteiger partial charge in [-0.15, -0.1) is 0 Å². The fourth-order valence-electron chi connectivity index (χ4n) is 2.39. The number of methoxy groups -OCH3 is 1. The third-order valence-corrected chi connectivity index (χ3v) is 3.95. The second-order valence-corrected chi connectivity index (χ2v) is 6.04. The SMILES string of the molecule is CCOc1ccc(CN(C)C(=O)COC(=O)/C=C/c2ccc(OC)cc2)cc1. The van der Waals surface area contributed by atoms with Crippen molar-refractivity contribution in [1.82, 2.24) is 4.90 Å². The van der Waals surface area contributed by atoms with Gasteiger partial charge in [-0.2, -0.15) is 0 Å². The van der Waals surface area contributed by atoms with Gasteiger partial charge in [0.25, 0.3) is 5.91 Å². The summed E-state index contributed by atoms with van der Waals surface area (Å²) in [5, 5.41) is 0. The minimum Gasteiger partial charge on any atom is -0.497 e. The minimum atomic E-state index is -0.571. The highest BCUT2D eigenvalue weighted by atomic mass is 16.5. The van der Waals surface area contributed by atoms with E-state index in [-0.39, 0.29) is 12.5 Å². The Labute approximate surface area is 165 Å². The summed E-state index contributed by atoms with van der Waals surface area (Å²) in [6.07, 6.45) is 2.91. The van der Waals surface area contributed by atoms with E-state index in [0.29, 0.717) is 13.2 Å². The van der Waals surface area contributed by atoms with Crippen LogP contribution in [0.2, 0.25) is 0 Å². The highest BCUT2D eigenvalue weighted by Crippen LogP contribution is 2.14. The molecular weight excluding hydrogens is 358 g/mol. The highest BCUT2D eigenvalue weighted by Gasteiger charge is 2.11. The summed E-state index contributed by atoms with van der Waals surface area (Å²) in [5.41, 5.74) is 1.79. The molecule has 0 radical (unpaired) electrons. The Bertz CT molecular complexity index is 797. The molecule has 0 spiro atoms. The molecular formula is C22H25NO5. The molecule has 0 saturated carbocycles. The zero-order valence-electron chi connectivity index (χ0n) is 16.4. The lowest BCUT2D eigenvalue weighted by Crippen LogP contribution is -2.30. The lowest BCUT2D eigenvalue weighted by Gasteiger charge is -2.17. The fraction of sp³-hybridized carbons (Fsp3) is 0.273. The third kappa shape index (κ3) is 6.79. The van der Waals surface area contributed by atoms with Gasteiger partial charge >= 0.3 is 5.97 Å². The number of hydrogen-bond acceptors (Lipinski definition) is 5. The molecule has 0 saturated heterocycles. The van der Waals surface area contributed by atoms with E-state index in [4.69, 9.17) is 14.2 Å². The Morgan fingerprint density at radius 2 is 1.64 bits per heavy atom. The van der Waals surface area contributed by atoms with Crippen molar-refractivity contribution < 1.29 is 23.8 Å². The smallest absolute Gasteiger partial charge is 0.331 e. The second kappa shape index (κ2) is 10.8. The first-order valence-electron chi connectivity index (χ1n) is 8.96. The van der Waals surface area contributed by atoms with Crippen LogP contribution < -0.4 is 9.47 Å². The Balaban J connectivity index is 1.78. The molecule has 0 aliphatic rings.